The van der Waals surface area contributed by atoms with Crippen molar-refractivity contribution in [3.05, 3.63) is 97.2 Å². The van der Waals surface area contributed by atoms with Gasteiger partial charge in [-0.15, -0.1) is 0 Å². The summed E-state index contributed by atoms with van der Waals surface area (Å²) < 4.78 is 33.1. The lowest BCUT2D eigenvalue weighted by Crippen LogP contribution is -2.29. The van der Waals surface area contributed by atoms with Crippen molar-refractivity contribution in [2.45, 2.75) is 290 Å². The van der Waals surface area contributed by atoms with E-state index in [4.69, 9.17) is 24.3 Å². The number of phosphoric acid groups is 1. The number of esters is 2. The van der Waals surface area contributed by atoms with Crippen molar-refractivity contribution in [2.75, 3.05) is 26.4 Å². The average Bonchev–Trinajstić information content (AvgIpc) is 3.42. The van der Waals surface area contributed by atoms with Crippen LogP contribution in [0.1, 0.15) is 284 Å². The molecule has 2 atom stereocenters. The smallest absolute Gasteiger partial charge is 0.462 e. The first kappa shape index (κ1) is 73.9. The fourth-order valence-electron chi connectivity index (χ4n) is 8.79. The Morgan fingerprint density at radius 2 is 0.714 bits per heavy atom. The first-order chi connectivity index (χ1) is 37.8. The van der Waals surface area contributed by atoms with Crippen LogP contribution in [0.5, 0.6) is 0 Å². The molecule has 2 unspecified atom stereocenters. The molecule has 0 rings (SSSR count). The number of hydrogen-bond donors (Lipinski definition) is 2. The Balaban J connectivity index is 3.93. The highest BCUT2D eigenvalue weighted by Crippen LogP contribution is 2.43. The van der Waals surface area contributed by atoms with Gasteiger partial charge in [-0.3, -0.25) is 18.6 Å². The van der Waals surface area contributed by atoms with Gasteiger partial charge in [-0.05, 0) is 96.3 Å². The number of nitrogens with two attached hydrogens (primary N) is 1. The minimum absolute atomic E-state index is 0.0452. The zero-order valence-corrected chi connectivity index (χ0v) is 50.6. The molecule has 0 aliphatic rings. The van der Waals surface area contributed by atoms with E-state index in [9.17, 15) is 19.0 Å². The van der Waals surface area contributed by atoms with Crippen molar-refractivity contribution < 1.29 is 37.6 Å². The third kappa shape index (κ3) is 62.0. The monoisotopic (exact) mass is 1100 g/mol. The first-order valence-corrected chi connectivity index (χ1v) is 33.2. The van der Waals surface area contributed by atoms with Gasteiger partial charge in [0.2, 0.25) is 0 Å². The van der Waals surface area contributed by atoms with Crippen molar-refractivity contribution in [1.82, 2.24) is 0 Å². The number of allylic oxidation sites excluding steroid dienone is 16. The maximum absolute atomic E-state index is 12.7. The summed E-state index contributed by atoms with van der Waals surface area (Å²) in [4.78, 5) is 35.2. The molecule has 0 fully saturated rings. The zero-order valence-electron chi connectivity index (χ0n) is 49.7. The summed E-state index contributed by atoms with van der Waals surface area (Å²) in [7, 11) is -4.40. The molecule has 0 saturated carbocycles. The van der Waals surface area contributed by atoms with Crippen LogP contribution in [0.25, 0.3) is 0 Å². The number of unbranched alkanes of at least 4 members (excludes halogenated alkanes) is 30. The molecule has 0 aliphatic heterocycles. The minimum Gasteiger partial charge on any atom is -0.462 e. The molecule has 9 nitrogen and oxygen atoms in total. The van der Waals surface area contributed by atoms with Crippen LogP contribution in [0.3, 0.4) is 0 Å². The molecule has 444 valence electrons. The highest BCUT2D eigenvalue weighted by atomic mass is 31.2. The van der Waals surface area contributed by atoms with Crippen LogP contribution in [0, 0.1) is 0 Å². The van der Waals surface area contributed by atoms with Crippen LogP contribution in [0.15, 0.2) is 97.2 Å². The normalized spacial score (nSPS) is 13.7. The van der Waals surface area contributed by atoms with Gasteiger partial charge in [-0.2, -0.15) is 0 Å². The lowest BCUT2D eigenvalue weighted by atomic mass is 10.0. The summed E-state index contributed by atoms with van der Waals surface area (Å²) in [5, 5.41) is 0. The Bertz CT molecular complexity index is 1580. The summed E-state index contributed by atoms with van der Waals surface area (Å²) in [6.07, 6.45) is 83.4. The maximum atomic E-state index is 12.7. The van der Waals surface area contributed by atoms with Crippen LogP contribution >= 0.6 is 7.82 Å². The number of phosphoric ester groups is 1. The van der Waals surface area contributed by atoms with Crippen LogP contribution in [0.2, 0.25) is 0 Å². The Hall–Kier alpha value is -3.07. The molecule has 0 bridgehead atoms. The third-order valence-electron chi connectivity index (χ3n) is 13.5. The van der Waals surface area contributed by atoms with Crippen molar-refractivity contribution in [2.24, 2.45) is 5.73 Å². The van der Waals surface area contributed by atoms with E-state index in [1.807, 2.05) is 0 Å². The highest BCUT2D eigenvalue weighted by molar-refractivity contribution is 7.47. The number of ether oxygens (including phenoxy) is 2. The van der Waals surface area contributed by atoms with E-state index < -0.39 is 26.5 Å². The van der Waals surface area contributed by atoms with Gasteiger partial charge in [0, 0.05) is 19.4 Å². The second-order valence-corrected chi connectivity index (χ2v) is 22.3. The Morgan fingerprint density at radius 1 is 0.403 bits per heavy atom. The van der Waals surface area contributed by atoms with Gasteiger partial charge in [0.15, 0.2) is 6.10 Å². The fourth-order valence-corrected chi connectivity index (χ4v) is 9.55. The maximum Gasteiger partial charge on any atom is 0.472 e. The molecule has 77 heavy (non-hydrogen) atoms. The predicted molar refractivity (Wildman–Crippen MR) is 330 cm³/mol. The van der Waals surface area contributed by atoms with Crippen molar-refractivity contribution in [3.8, 4) is 0 Å². The van der Waals surface area contributed by atoms with Gasteiger partial charge >= 0.3 is 19.8 Å². The van der Waals surface area contributed by atoms with E-state index in [0.29, 0.717) is 6.42 Å². The molecule has 0 aromatic heterocycles. The summed E-state index contributed by atoms with van der Waals surface area (Å²) in [6, 6.07) is 0. The second kappa shape index (κ2) is 62.1. The van der Waals surface area contributed by atoms with Gasteiger partial charge in [0.05, 0.1) is 13.2 Å². The molecule has 0 aromatic rings. The molecular weight excluding hydrogens is 978 g/mol. The molecule has 0 heterocycles. The van der Waals surface area contributed by atoms with Gasteiger partial charge < -0.3 is 20.1 Å². The van der Waals surface area contributed by atoms with Crippen molar-refractivity contribution in [3.63, 3.8) is 0 Å². The summed E-state index contributed by atoms with van der Waals surface area (Å²) in [5.74, 6) is -0.853. The van der Waals surface area contributed by atoms with Crippen molar-refractivity contribution in [1.29, 1.82) is 0 Å². The average molecular weight is 1100 g/mol. The molecule has 0 spiro atoms. The zero-order chi connectivity index (χ0) is 55.9. The molecule has 0 radical (unpaired) electrons. The van der Waals surface area contributed by atoms with E-state index in [1.165, 1.54) is 161 Å². The Labute approximate surface area is 474 Å². The molecule has 0 amide bonds. The molecule has 0 saturated heterocycles. The fraction of sp³-hybridized carbons (Fsp3) is 0.731. The molecule has 3 N–H and O–H groups in total. The van der Waals surface area contributed by atoms with E-state index in [-0.39, 0.29) is 38.6 Å². The standard InChI is InChI=1S/C67H118NO8P/c1-3-5-7-9-11-13-15-17-19-21-23-25-27-28-29-30-31-32-33-34-35-36-38-39-41-43-45-47-49-51-53-55-57-59-66(69)73-63-65(64-75-77(71,72)74-62-61-68)76-67(70)60-58-56-54-52-50-48-46-44-42-40-37-26-24-22-20-18-16-14-12-10-8-6-4-2/h6,8,12,14-15,17-18,20-21,23-24,26,40,42,46,48,65H,3-5,7,9-11,13,16,19,22,25,27-39,41,43-45,47,49-64,68H2,1-2H3,(H,71,72)/b8-6-,14-12-,17-15-,20-18-,23-21-,26-24-,42-40-,48-46-. The summed E-state index contributed by atoms with van der Waals surface area (Å²) >= 11 is 0. The van der Waals surface area contributed by atoms with Gasteiger partial charge in [-0.1, -0.05) is 272 Å². The van der Waals surface area contributed by atoms with E-state index in [1.54, 1.807) is 0 Å². The Kier molecular flexibility index (Phi) is 59.7. The number of carbonyl (C=O) groups is 2. The minimum atomic E-state index is -4.40. The largest absolute Gasteiger partial charge is 0.472 e. The summed E-state index contributed by atoms with van der Waals surface area (Å²) in [5.41, 5.74) is 5.39. The second-order valence-electron chi connectivity index (χ2n) is 20.9. The van der Waals surface area contributed by atoms with E-state index >= 15 is 0 Å². The van der Waals surface area contributed by atoms with Gasteiger partial charge in [0.25, 0.3) is 0 Å². The SMILES string of the molecule is CC/C=C\C/C=C\C/C=C\C/C=C\C/C=C\C/C=C\CCCCCCC(=O)OC(COC(=O)CCCCCCCCCCCCCCCCCCCCCCC/C=C\C/C=C\CCCCCCC)COP(=O)(O)OCCN. The topological polar surface area (TPSA) is 134 Å². The lowest BCUT2D eigenvalue weighted by molar-refractivity contribution is -0.161. The molecule has 10 heteroatoms. The van der Waals surface area contributed by atoms with Gasteiger partial charge in [0.1, 0.15) is 6.61 Å². The quantitative estimate of drug-likeness (QED) is 0.0264. The number of rotatable bonds is 59. The lowest BCUT2D eigenvalue weighted by Gasteiger charge is -2.19. The first-order valence-electron chi connectivity index (χ1n) is 31.7. The van der Waals surface area contributed by atoms with Crippen LogP contribution in [-0.4, -0.2) is 49.3 Å². The molecule has 0 aromatic carbocycles. The molecular formula is C67H118NO8P. The van der Waals surface area contributed by atoms with Crippen LogP contribution in [0.4, 0.5) is 0 Å². The third-order valence-corrected chi connectivity index (χ3v) is 14.4. The number of hydrogen-bond acceptors (Lipinski definition) is 8. The van der Waals surface area contributed by atoms with E-state index in [2.05, 4.69) is 111 Å². The van der Waals surface area contributed by atoms with Crippen LogP contribution in [-0.2, 0) is 32.7 Å². The highest BCUT2D eigenvalue weighted by Gasteiger charge is 2.26. The number of carbonyl (C=O) groups excluding carboxylic acids is 2. The van der Waals surface area contributed by atoms with Crippen LogP contribution < -0.4 is 5.73 Å². The molecule has 0 aliphatic carbocycles. The predicted octanol–water partition coefficient (Wildman–Crippen LogP) is 20.4. The Morgan fingerprint density at radius 3 is 1.06 bits per heavy atom. The van der Waals surface area contributed by atoms with Gasteiger partial charge in [-0.25, -0.2) is 4.57 Å². The van der Waals surface area contributed by atoms with Crippen molar-refractivity contribution >= 4 is 19.8 Å². The summed E-state index contributed by atoms with van der Waals surface area (Å²) in [6.45, 7) is 3.61. The van der Waals surface area contributed by atoms with E-state index in [0.717, 1.165) is 89.9 Å².